The number of benzene rings is 2. The molecule has 2 aromatic heterocycles. The Labute approximate surface area is 192 Å². The monoisotopic (exact) mass is 441 g/mol. The minimum Gasteiger partial charge on any atom is -0.497 e. The topological polar surface area (TPSA) is 89.5 Å². The van der Waals surface area contributed by atoms with Gasteiger partial charge in [-0.25, -0.2) is 9.97 Å². The van der Waals surface area contributed by atoms with Gasteiger partial charge >= 0.3 is 0 Å². The highest BCUT2D eigenvalue weighted by molar-refractivity contribution is 5.98. The van der Waals surface area contributed by atoms with Crippen molar-refractivity contribution in [3.8, 4) is 22.8 Å². The SMILES string of the molecule is COc1cccc(Nc2nccc(-c3ccc4c(c3)N(Cc3ccccn3)C(=O)CO4)n2)c1.[HH]. The molecule has 0 saturated carbocycles. The third-order valence-corrected chi connectivity index (χ3v) is 5.23. The maximum Gasteiger partial charge on any atom is 0.265 e. The zero-order valence-corrected chi connectivity index (χ0v) is 17.9. The van der Waals surface area contributed by atoms with Crippen molar-refractivity contribution < 1.29 is 15.7 Å². The first kappa shape index (κ1) is 20.4. The molecule has 0 fully saturated rings. The van der Waals surface area contributed by atoms with E-state index in [1.165, 1.54) is 0 Å². The number of anilines is 3. The molecule has 1 N–H and O–H groups in total. The summed E-state index contributed by atoms with van der Waals surface area (Å²) in [6.45, 7) is 0.368. The summed E-state index contributed by atoms with van der Waals surface area (Å²) in [5.41, 5.74) is 3.87. The molecule has 3 heterocycles. The molecular weight excluding hydrogens is 418 g/mol. The predicted molar refractivity (Wildman–Crippen MR) is 127 cm³/mol. The molecule has 1 amide bonds. The Balaban J connectivity index is 0.00000274. The van der Waals surface area contributed by atoms with Crippen LogP contribution in [0.25, 0.3) is 11.3 Å². The van der Waals surface area contributed by atoms with E-state index in [9.17, 15) is 4.79 Å². The minimum absolute atomic E-state index is 0. The Bertz CT molecular complexity index is 1300. The number of nitrogens with one attached hydrogen (secondary N) is 1. The average Bonchev–Trinajstić information content (AvgIpc) is 2.86. The molecule has 0 unspecified atom stereocenters. The van der Waals surface area contributed by atoms with Gasteiger partial charge in [-0.2, -0.15) is 0 Å². The second-order valence-corrected chi connectivity index (χ2v) is 7.39. The zero-order chi connectivity index (χ0) is 22.6. The van der Waals surface area contributed by atoms with Crippen LogP contribution >= 0.6 is 0 Å². The highest BCUT2D eigenvalue weighted by Crippen LogP contribution is 2.36. The van der Waals surface area contributed by atoms with Gasteiger partial charge in [0.25, 0.3) is 5.91 Å². The maximum atomic E-state index is 12.6. The van der Waals surface area contributed by atoms with Crippen LogP contribution in [-0.2, 0) is 11.3 Å². The van der Waals surface area contributed by atoms with Crippen LogP contribution in [0.1, 0.15) is 7.12 Å². The van der Waals surface area contributed by atoms with E-state index in [2.05, 4.69) is 20.3 Å². The van der Waals surface area contributed by atoms with Gasteiger partial charge in [-0.05, 0) is 48.5 Å². The number of hydrogen-bond donors (Lipinski definition) is 1. The first-order chi connectivity index (χ1) is 16.2. The molecule has 5 rings (SSSR count). The molecule has 33 heavy (non-hydrogen) atoms. The third kappa shape index (κ3) is 4.45. The fourth-order valence-electron chi connectivity index (χ4n) is 3.60. The fraction of sp³-hybridized carbons (Fsp3) is 0.120. The van der Waals surface area contributed by atoms with E-state index < -0.39 is 0 Å². The molecule has 1 aliphatic heterocycles. The molecule has 0 saturated heterocycles. The van der Waals surface area contributed by atoms with Crippen molar-refractivity contribution in [1.82, 2.24) is 15.0 Å². The average molecular weight is 441 g/mol. The summed E-state index contributed by atoms with van der Waals surface area (Å²) in [5, 5.41) is 3.20. The van der Waals surface area contributed by atoms with Crippen LogP contribution in [0.5, 0.6) is 11.5 Å². The number of nitrogens with zero attached hydrogens (tertiary/aromatic N) is 4. The van der Waals surface area contributed by atoms with Crippen molar-refractivity contribution in [3.63, 3.8) is 0 Å². The van der Waals surface area contributed by atoms with E-state index in [0.717, 1.165) is 22.7 Å². The van der Waals surface area contributed by atoms with Crippen LogP contribution in [0, 0.1) is 0 Å². The molecule has 166 valence electrons. The molecule has 1 aliphatic rings. The molecule has 0 spiro atoms. The van der Waals surface area contributed by atoms with Gasteiger partial charge in [0.1, 0.15) is 11.5 Å². The molecule has 8 nitrogen and oxygen atoms in total. The Hall–Kier alpha value is -4.46. The fourth-order valence-corrected chi connectivity index (χ4v) is 3.60. The summed E-state index contributed by atoms with van der Waals surface area (Å²) in [7, 11) is 1.62. The lowest BCUT2D eigenvalue weighted by atomic mass is 10.1. The number of fused-ring (bicyclic) bond motifs is 1. The Morgan fingerprint density at radius 3 is 2.85 bits per heavy atom. The van der Waals surface area contributed by atoms with E-state index in [1.54, 1.807) is 24.4 Å². The van der Waals surface area contributed by atoms with Gasteiger partial charge < -0.3 is 14.8 Å². The molecule has 0 aliphatic carbocycles. The van der Waals surface area contributed by atoms with Gasteiger partial charge in [-0.15, -0.1) is 0 Å². The maximum absolute atomic E-state index is 12.6. The molecule has 2 aromatic carbocycles. The number of ether oxygens (including phenoxy) is 2. The van der Waals surface area contributed by atoms with Crippen molar-refractivity contribution >= 4 is 23.2 Å². The molecule has 0 radical (unpaired) electrons. The normalized spacial score (nSPS) is 12.6. The first-order valence-electron chi connectivity index (χ1n) is 10.4. The number of carbonyl (C=O) groups excluding carboxylic acids is 1. The van der Waals surface area contributed by atoms with Crippen LogP contribution < -0.4 is 19.7 Å². The number of carbonyl (C=O) groups is 1. The third-order valence-electron chi connectivity index (χ3n) is 5.23. The Morgan fingerprint density at radius 1 is 1.06 bits per heavy atom. The minimum atomic E-state index is -0.117. The second-order valence-electron chi connectivity index (χ2n) is 7.39. The molecule has 0 bridgehead atoms. The summed E-state index contributed by atoms with van der Waals surface area (Å²) in [4.78, 5) is 27.7. The van der Waals surface area contributed by atoms with E-state index in [4.69, 9.17) is 9.47 Å². The lowest BCUT2D eigenvalue weighted by Crippen LogP contribution is -2.38. The number of hydrogen-bond acceptors (Lipinski definition) is 7. The van der Waals surface area contributed by atoms with E-state index in [1.807, 2.05) is 66.7 Å². The van der Waals surface area contributed by atoms with Crippen molar-refractivity contribution in [3.05, 3.63) is 84.8 Å². The quantitative estimate of drug-likeness (QED) is 0.472. The summed E-state index contributed by atoms with van der Waals surface area (Å²) in [5.74, 6) is 1.73. The summed E-state index contributed by atoms with van der Waals surface area (Å²) >= 11 is 0. The summed E-state index contributed by atoms with van der Waals surface area (Å²) in [6.07, 6.45) is 3.41. The van der Waals surface area contributed by atoms with Crippen molar-refractivity contribution in [2.45, 2.75) is 6.54 Å². The van der Waals surface area contributed by atoms with Gasteiger partial charge in [0.15, 0.2) is 6.61 Å². The van der Waals surface area contributed by atoms with Gasteiger partial charge in [0, 0.05) is 31.1 Å². The van der Waals surface area contributed by atoms with Gasteiger partial charge in [-0.1, -0.05) is 12.1 Å². The lowest BCUT2D eigenvalue weighted by Gasteiger charge is -2.29. The van der Waals surface area contributed by atoms with Crippen LogP contribution in [-0.4, -0.2) is 34.6 Å². The summed E-state index contributed by atoms with van der Waals surface area (Å²) < 4.78 is 10.9. The van der Waals surface area contributed by atoms with Gasteiger partial charge in [0.2, 0.25) is 5.95 Å². The highest BCUT2D eigenvalue weighted by atomic mass is 16.5. The van der Waals surface area contributed by atoms with Crippen molar-refractivity contribution in [1.29, 1.82) is 0 Å². The van der Waals surface area contributed by atoms with E-state index in [0.29, 0.717) is 29.6 Å². The van der Waals surface area contributed by atoms with Crippen LogP contribution in [0.4, 0.5) is 17.3 Å². The van der Waals surface area contributed by atoms with Crippen molar-refractivity contribution in [2.75, 3.05) is 23.9 Å². The van der Waals surface area contributed by atoms with Gasteiger partial charge in [0.05, 0.1) is 30.7 Å². The number of pyridine rings is 1. The number of amides is 1. The smallest absolute Gasteiger partial charge is 0.265 e. The number of rotatable bonds is 6. The first-order valence-corrected chi connectivity index (χ1v) is 10.4. The van der Waals surface area contributed by atoms with Crippen molar-refractivity contribution in [2.24, 2.45) is 0 Å². The molecule has 0 atom stereocenters. The number of methoxy groups -OCH3 is 1. The molecule has 4 aromatic rings. The number of aromatic nitrogens is 3. The van der Waals surface area contributed by atoms with Gasteiger partial charge in [-0.3, -0.25) is 14.7 Å². The Kier molecular flexibility index (Phi) is 5.55. The predicted octanol–water partition coefficient (Wildman–Crippen LogP) is 4.46. The van der Waals surface area contributed by atoms with E-state index >= 15 is 0 Å². The van der Waals surface area contributed by atoms with E-state index in [-0.39, 0.29) is 13.9 Å². The summed E-state index contributed by atoms with van der Waals surface area (Å²) in [6, 6.07) is 20.7. The Morgan fingerprint density at radius 2 is 2.00 bits per heavy atom. The zero-order valence-electron chi connectivity index (χ0n) is 17.9. The second kappa shape index (κ2) is 8.96. The standard InChI is InChI=1S/C25H21N5O3.H2/c1-32-20-7-4-6-18(14-20)28-25-27-12-10-21(29-25)17-8-9-23-22(13-17)30(24(31)16-33-23)15-19-5-2-3-11-26-19;/h2-14H,15-16H2,1H3,(H,27,28,29);1H. The molecule has 8 heteroatoms. The molecular formula is C25H23N5O3. The van der Waals surface area contributed by atoms with Crippen LogP contribution in [0.2, 0.25) is 0 Å². The van der Waals surface area contributed by atoms with Crippen LogP contribution in [0.3, 0.4) is 0 Å². The van der Waals surface area contributed by atoms with Crippen LogP contribution in [0.15, 0.2) is 79.1 Å². The lowest BCUT2D eigenvalue weighted by molar-refractivity contribution is -0.121. The highest BCUT2D eigenvalue weighted by Gasteiger charge is 2.26. The largest absolute Gasteiger partial charge is 0.497 e.